The molecule has 1 saturated carbocycles. The maximum absolute atomic E-state index is 11.4. The van der Waals surface area contributed by atoms with Gasteiger partial charge in [-0.15, -0.1) is 11.8 Å². The first-order valence-electron chi connectivity index (χ1n) is 6.30. The van der Waals surface area contributed by atoms with Gasteiger partial charge in [-0.25, -0.2) is 0 Å². The second-order valence-electron chi connectivity index (χ2n) is 5.07. The normalized spacial score (nSPS) is 17.4. The summed E-state index contributed by atoms with van der Waals surface area (Å²) < 4.78 is 0. The van der Waals surface area contributed by atoms with E-state index in [1.807, 2.05) is 0 Å². The van der Waals surface area contributed by atoms with Crippen molar-refractivity contribution < 1.29 is 14.8 Å². The molecule has 0 heterocycles. The number of aliphatic carboxylic acids is 1. The van der Waals surface area contributed by atoms with E-state index >= 15 is 0 Å². The first-order chi connectivity index (χ1) is 9.42. The fraction of sp³-hybridized carbons (Fsp3) is 0.462. The van der Waals surface area contributed by atoms with Gasteiger partial charge in [0.2, 0.25) is 0 Å². The molecule has 0 amide bonds. The molecule has 1 aliphatic rings. The Bertz CT molecular complexity index is 533. The van der Waals surface area contributed by atoms with Crippen LogP contribution < -0.4 is 5.32 Å². The molecule has 0 saturated heterocycles. The largest absolute Gasteiger partial charge is 0.480 e. The number of thioether (sulfide) groups is 1. The summed E-state index contributed by atoms with van der Waals surface area (Å²) in [7, 11) is 0. The molecule has 0 aromatic heterocycles. The first-order valence-corrected chi connectivity index (χ1v) is 7.28. The van der Waals surface area contributed by atoms with E-state index in [0.717, 1.165) is 12.8 Å². The lowest BCUT2D eigenvalue weighted by molar-refractivity contribution is -0.387. The molecule has 6 nitrogen and oxygen atoms in total. The molecule has 2 rings (SSSR count). The summed E-state index contributed by atoms with van der Waals surface area (Å²) in [6, 6.07) is 6.63. The van der Waals surface area contributed by atoms with Crippen molar-refractivity contribution in [3.05, 3.63) is 34.4 Å². The van der Waals surface area contributed by atoms with Crippen molar-refractivity contribution in [2.75, 3.05) is 5.75 Å². The van der Waals surface area contributed by atoms with Crippen molar-refractivity contribution in [1.82, 2.24) is 5.32 Å². The smallest absolute Gasteiger partial charge is 0.324 e. The maximum atomic E-state index is 11.4. The van der Waals surface area contributed by atoms with E-state index in [4.69, 9.17) is 0 Å². The number of hydrogen-bond acceptors (Lipinski definition) is 5. The lowest BCUT2D eigenvalue weighted by Crippen LogP contribution is -2.52. The zero-order valence-electron chi connectivity index (χ0n) is 11.0. The summed E-state index contributed by atoms with van der Waals surface area (Å²) >= 11 is 1.20. The van der Waals surface area contributed by atoms with E-state index in [9.17, 15) is 20.0 Å². The molecule has 0 aliphatic heterocycles. The van der Waals surface area contributed by atoms with Gasteiger partial charge in [0.25, 0.3) is 5.69 Å². The van der Waals surface area contributed by atoms with Crippen LogP contribution in [-0.2, 0) is 4.79 Å². The number of carbonyl (C=O) groups is 1. The third kappa shape index (κ3) is 3.49. The monoisotopic (exact) mass is 296 g/mol. The summed E-state index contributed by atoms with van der Waals surface area (Å²) in [5.41, 5.74) is -1.06. The van der Waals surface area contributed by atoms with Crippen LogP contribution in [0.1, 0.15) is 19.8 Å². The molecular weight excluding hydrogens is 280 g/mol. The van der Waals surface area contributed by atoms with Crippen molar-refractivity contribution >= 4 is 23.4 Å². The van der Waals surface area contributed by atoms with Gasteiger partial charge in [-0.05, 0) is 25.8 Å². The molecule has 1 aromatic carbocycles. The minimum absolute atomic E-state index is 0.0108. The van der Waals surface area contributed by atoms with E-state index in [1.54, 1.807) is 25.1 Å². The number of para-hydroxylation sites is 1. The predicted molar refractivity (Wildman–Crippen MR) is 76.0 cm³/mol. The average Bonchev–Trinajstić information content (AvgIpc) is 3.20. The Morgan fingerprint density at radius 1 is 1.55 bits per heavy atom. The molecule has 0 bridgehead atoms. The molecular formula is C13H16N2O4S. The van der Waals surface area contributed by atoms with Crippen LogP contribution in [-0.4, -0.2) is 33.3 Å². The van der Waals surface area contributed by atoms with E-state index in [2.05, 4.69) is 5.32 Å². The number of nitro groups is 1. The fourth-order valence-electron chi connectivity index (χ4n) is 1.80. The lowest BCUT2D eigenvalue weighted by Gasteiger charge is -2.25. The van der Waals surface area contributed by atoms with Gasteiger partial charge in [-0.1, -0.05) is 12.1 Å². The van der Waals surface area contributed by atoms with Gasteiger partial charge in [0.05, 0.1) is 9.82 Å². The maximum Gasteiger partial charge on any atom is 0.324 e. The van der Waals surface area contributed by atoms with Crippen LogP contribution in [0.4, 0.5) is 5.69 Å². The molecule has 1 aromatic rings. The zero-order valence-corrected chi connectivity index (χ0v) is 11.9. The lowest BCUT2D eigenvalue weighted by atomic mass is 10.1. The molecule has 1 fully saturated rings. The molecule has 1 aliphatic carbocycles. The molecule has 108 valence electrons. The Balaban J connectivity index is 2.09. The van der Waals surface area contributed by atoms with Gasteiger partial charge in [0, 0.05) is 17.9 Å². The quantitative estimate of drug-likeness (QED) is 0.455. The molecule has 0 spiro atoms. The topological polar surface area (TPSA) is 92.5 Å². The third-order valence-electron chi connectivity index (χ3n) is 3.15. The van der Waals surface area contributed by atoms with Gasteiger partial charge < -0.3 is 5.11 Å². The summed E-state index contributed by atoms with van der Waals surface area (Å²) in [6.45, 7) is 1.62. The highest BCUT2D eigenvalue weighted by Crippen LogP contribution is 2.32. The van der Waals surface area contributed by atoms with Crippen molar-refractivity contribution in [2.24, 2.45) is 0 Å². The first kappa shape index (κ1) is 14.8. The standard InChI is InChI=1S/C13H16N2O4S/c1-13(12(16)17,14-9-6-7-9)8-20-11-5-3-2-4-10(11)15(18)19/h2-5,9,14H,6-8H2,1H3,(H,16,17). The van der Waals surface area contributed by atoms with Crippen molar-refractivity contribution in [3.63, 3.8) is 0 Å². The molecule has 0 radical (unpaired) electrons. The van der Waals surface area contributed by atoms with Crippen molar-refractivity contribution in [2.45, 2.75) is 36.2 Å². The molecule has 7 heteroatoms. The molecule has 1 atom stereocenters. The number of rotatable bonds is 7. The van der Waals surface area contributed by atoms with Gasteiger partial charge in [0.15, 0.2) is 0 Å². The summed E-state index contributed by atoms with van der Waals surface area (Å²) in [6.07, 6.45) is 1.97. The zero-order chi connectivity index (χ0) is 14.8. The summed E-state index contributed by atoms with van der Waals surface area (Å²) in [4.78, 5) is 22.4. The number of benzene rings is 1. The van der Waals surface area contributed by atoms with E-state index in [0.29, 0.717) is 4.90 Å². The third-order valence-corrected chi connectivity index (χ3v) is 4.53. The second kappa shape index (κ2) is 5.80. The number of nitrogens with one attached hydrogen (secondary N) is 1. The van der Waals surface area contributed by atoms with E-state index < -0.39 is 16.4 Å². The minimum atomic E-state index is -1.07. The van der Waals surface area contributed by atoms with Crippen LogP contribution >= 0.6 is 11.8 Å². The predicted octanol–water partition coefficient (Wildman–Crippen LogP) is 2.28. The Morgan fingerprint density at radius 2 is 2.20 bits per heavy atom. The SMILES string of the molecule is CC(CSc1ccccc1[N+](=O)[O-])(NC1CC1)C(=O)O. The van der Waals surface area contributed by atoms with Crippen molar-refractivity contribution in [3.8, 4) is 0 Å². The van der Waals surface area contributed by atoms with Gasteiger partial charge in [0.1, 0.15) is 5.54 Å². The minimum Gasteiger partial charge on any atom is -0.480 e. The van der Waals surface area contributed by atoms with E-state index in [-0.39, 0.29) is 17.5 Å². The van der Waals surface area contributed by atoms with Gasteiger partial charge >= 0.3 is 5.97 Å². The highest BCUT2D eigenvalue weighted by Gasteiger charge is 2.38. The van der Waals surface area contributed by atoms with Crippen LogP contribution in [0.2, 0.25) is 0 Å². The molecule has 20 heavy (non-hydrogen) atoms. The highest BCUT2D eigenvalue weighted by molar-refractivity contribution is 7.99. The number of hydrogen-bond donors (Lipinski definition) is 2. The Labute approximate surface area is 120 Å². The van der Waals surface area contributed by atoms with Crippen LogP contribution in [0, 0.1) is 10.1 Å². The van der Waals surface area contributed by atoms with Crippen LogP contribution in [0.25, 0.3) is 0 Å². The Morgan fingerprint density at radius 3 is 2.75 bits per heavy atom. The van der Waals surface area contributed by atoms with Crippen LogP contribution in [0.3, 0.4) is 0 Å². The Kier molecular flexibility index (Phi) is 4.29. The molecule has 2 N–H and O–H groups in total. The summed E-state index contributed by atoms with van der Waals surface area (Å²) in [5, 5.41) is 23.4. The number of carboxylic acid groups (broad SMARTS) is 1. The number of carboxylic acids is 1. The average molecular weight is 296 g/mol. The number of nitrogens with zero attached hydrogens (tertiary/aromatic N) is 1. The second-order valence-corrected chi connectivity index (χ2v) is 6.09. The Hall–Kier alpha value is -1.60. The van der Waals surface area contributed by atoms with Crippen molar-refractivity contribution in [1.29, 1.82) is 0 Å². The van der Waals surface area contributed by atoms with Crippen LogP contribution in [0.5, 0.6) is 0 Å². The van der Waals surface area contributed by atoms with E-state index in [1.165, 1.54) is 17.8 Å². The van der Waals surface area contributed by atoms with Gasteiger partial charge in [-0.3, -0.25) is 20.2 Å². The molecule has 1 unspecified atom stereocenters. The van der Waals surface area contributed by atoms with Gasteiger partial charge in [-0.2, -0.15) is 0 Å². The van der Waals surface area contributed by atoms with Crippen LogP contribution in [0.15, 0.2) is 29.2 Å². The fourth-order valence-corrected chi connectivity index (χ4v) is 2.91. The number of nitro benzene ring substituents is 1. The summed E-state index contributed by atoms with van der Waals surface area (Å²) in [5.74, 6) is -0.695. The highest BCUT2D eigenvalue weighted by atomic mass is 32.2.